The molecule has 0 heterocycles. The molecule has 0 aromatic heterocycles. The molecule has 0 aliphatic carbocycles. The SMILES string of the molecule is CCCCCc1ccc(-c2ccc(-c3cc(F)c(C(F)(F)Oc4ccc(-c5cc(F)c(F)c(F)c5)cc4)c(F)c3)cc2)cc1. The van der Waals surface area contributed by atoms with E-state index in [1.165, 1.54) is 24.1 Å². The summed E-state index contributed by atoms with van der Waals surface area (Å²) in [4.78, 5) is 0. The summed E-state index contributed by atoms with van der Waals surface area (Å²) in [5.74, 6) is -7.93. The van der Waals surface area contributed by atoms with Gasteiger partial charge in [-0.05, 0) is 88.2 Å². The number of ether oxygens (including phenoxy) is 1. The van der Waals surface area contributed by atoms with Crippen molar-refractivity contribution in [2.24, 2.45) is 0 Å². The number of unbranched alkanes of at least 4 members (excludes halogenated alkanes) is 2. The second-order valence-electron chi connectivity index (χ2n) is 10.4. The van der Waals surface area contributed by atoms with Gasteiger partial charge >= 0.3 is 6.11 Å². The quantitative estimate of drug-likeness (QED) is 0.0871. The highest BCUT2D eigenvalue weighted by molar-refractivity contribution is 5.71. The maximum absolute atomic E-state index is 15.0. The van der Waals surface area contributed by atoms with Crippen LogP contribution in [0.2, 0.25) is 0 Å². The van der Waals surface area contributed by atoms with Gasteiger partial charge in [0.1, 0.15) is 22.9 Å². The van der Waals surface area contributed by atoms with E-state index in [-0.39, 0.29) is 16.7 Å². The van der Waals surface area contributed by atoms with E-state index in [9.17, 15) is 30.7 Å². The van der Waals surface area contributed by atoms with Crippen molar-refractivity contribution in [3.8, 4) is 39.1 Å². The van der Waals surface area contributed by atoms with Crippen LogP contribution in [0.3, 0.4) is 0 Å². The van der Waals surface area contributed by atoms with Crippen molar-refractivity contribution in [3.63, 3.8) is 0 Å². The molecule has 1 nitrogen and oxygen atoms in total. The van der Waals surface area contributed by atoms with Crippen molar-refractivity contribution in [2.75, 3.05) is 0 Å². The van der Waals surface area contributed by atoms with E-state index < -0.39 is 46.5 Å². The van der Waals surface area contributed by atoms with Crippen molar-refractivity contribution in [2.45, 2.75) is 38.7 Å². The van der Waals surface area contributed by atoms with Gasteiger partial charge in [-0.3, -0.25) is 0 Å². The number of aryl methyl sites for hydroxylation is 1. The normalized spacial score (nSPS) is 11.5. The Kier molecular flexibility index (Phi) is 9.09. The molecule has 0 atom stereocenters. The van der Waals surface area contributed by atoms with E-state index in [1.807, 2.05) is 12.1 Å². The van der Waals surface area contributed by atoms with Crippen LogP contribution in [0.4, 0.5) is 30.7 Å². The zero-order valence-corrected chi connectivity index (χ0v) is 23.6. The summed E-state index contributed by atoms with van der Waals surface area (Å²) in [6.07, 6.45) is 0.0842. The smallest absolute Gasteiger partial charge is 0.429 e. The third-order valence-corrected chi connectivity index (χ3v) is 7.33. The molecule has 5 aromatic carbocycles. The number of halogens is 7. The van der Waals surface area contributed by atoms with E-state index in [2.05, 4.69) is 23.8 Å². The Morgan fingerprint density at radius 1 is 0.523 bits per heavy atom. The van der Waals surface area contributed by atoms with Crippen molar-refractivity contribution in [1.82, 2.24) is 0 Å². The molecule has 226 valence electrons. The lowest BCUT2D eigenvalue weighted by Crippen LogP contribution is -2.25. The standard InChI is InChI=1S/C36H27F7O/c1-2-3-4-5-22-6-8-23(9-7-22)24-10-12-25(13-11-24)27-18-30(37)34(31(38)19-27)36(42,43)44-29-16-14-26(15-17-29)28-20-32(39)35(41)33(40)21-28/h6-21H,2-5H2,1H3. The molecule has 0 saturated heterocycles. The Bertz CT molecular complexity index is 1700. The minimum absolute atomic E-state index is 0.0452. The van der Waals surface area contributed by atoms with E-state index in [0.717, 1.165) is 66.8 Å². The van der Waals surface area contributed by atoms with Crippen molar-refractivity contribution >= 4 is 0 Å². The molecule has 0 radical (unpaired) electrons. The summed E-state index contributed by atoms with van der Waals surface area (Å²) in [7, 11) is 0. The van der Waals surface area contributed by atoms with Crippen LogP contribution in [0.1, 0.15) is 37.3 Å². The monoisotopic (exact) mass is 608 g/mol. The fourth-order valence-corrected chi connectivity index (χ4v) is 4.95. The Morgan fingerprint density at radius 3 is 1.41 bits per heavy atom. The molecule has 8 heteroatoms. The van der Waals surface area contributed by atoms with Crippen molar-refractivity contribution in [1.29, 1.82) is 0 Å². The second-order valence-corrected chi connectivity index (χ2v) is 10.4. The molecular formula is C36H27F7O. The third-order valence-electron chi connectivity index (χ3n) is 7.33. The lowest BCUT2D eigenvalue weighted by atomic mass is 9.97. The highest BCUT2D eigenvalue weighted by Gasteiger charge is 2.41. The maximum Gasteiger partial charge on any atom is 0.432 e. The number of rotatable bonds is 10. The van der Waals surface area contributed by atoms with E-state index in [1.54, 1.807) is 24.3 Å². The molecule has 0 amide bonds. The van der Waals surface area contributed by atoms with Crippen LogP contribution in [0, 0.1) is 29.1 Å². The number of hydrogen-bond donors (Lipinski definition) is 0. The zero-order valence-electron chi connectivity index (χ0n) is 23.6. The highest BCUT2D eigenvalue weighted by Crippen LogP contribution is 2.38. The van der Waals surface area contributed by atoms with Gasteiger partial charge in [0.25, 0.3) is 0 Å². The van der Waals surface area contributed by atoms with E-state index in [4.69, 9.17) is 0 Å². The summed E-state index contributed by atoms with van der Waals surface area (Å²) in [6.45, 7) is 2.16. The minimum atomic E-state index is -4.39. The number of alkyl halides is 2. The van der Waals surface area contributed by atoms with E-state index in [0.29, 0.717) is 5.56 Å². The van der Waals surface area contributed by atoms with Crippen LogP contribution < -0.4 is 4.74 Å². The summed E-state index contributed by atoms with van der Waals surface area (Å²) < 4.78 is 105. The second kappa shape index (κ2) is 13.0. The molecule has 5 aromatic rings. The average molecular weight is 609 g/mol. The first-order chi connectivity index (χ1) is 21.1. The zero-order chi connectivity index (χ0) is 31.4. The number of hydrogen-bond acceptors (Lipinski definition) is 1. The molecule has 0 aliphatic rings. The van der Waals surface area contributed by atoms with Crippen LogP contribution in [0.25, 0.3) is 33.4 Å². The van der Waals surface area contributed by atoms with Gasteiger partial charge in [0.05, 0.1) is 0 Å². The van der Waals surface area contributed by atoms with Crippen LogP contribution in [0.5, 0.6) is 5.75 Å². The fourth-order valence-electron chi connectivity index (χ4n) is 4.95. The molecule has 5 rings (SSSR count). The molecule has 44 heavy (non-hydrogen) atoms. The summed E-state index contributed by atoms with van der Waals surface area (Å²) in [6, 6.07) is 22.7. The van der Waals surface area contributed by atoms with Gasteiger partial charge in [-0.25, -0.2) is 22.0 Å². The molecule has 0 N–H and O–H groups in total. The van der Waals surface area contributed by atoms with Gasteiger partial charge in [-0.15, -0.1) is 0 Å². The Hall–Kier alpha value is -4.59. The summed E-state index contributed by atoms with van der Waals surface area (Å²) in [5, 5.41) is 0. The predicted molar refractivity (Wildman–Crippen MR) is 157 cm³/mol. The van der Waals surface area contributed by atoms with Crippen molar-refractivity contribution in [3.05, 3.63) is 137 Å². The topological polar surface area (TPSA) is 9.23 Å². The van der Waals surface area contributed by atoms with Crippen LogP contribution in [-0.4, -0.2) is 0 Å². The predicted octanol–water partition coefficient (Wildman–Crippen LogP) is 11.2. The van der Waals surface area contributed by atoms with E-state index >= 15 is 0 Å². The van der Waals surface area contributed by atoms with Crippen LogP contribution >= 0.6 is 0 Å². The highest BCUT2D eigenvalue weighted by atomic mass is 19.3. The minimum Gasteiger partial charge on any atom is -0.429 e. The first-order valence-corrected chi connectivity index (χ1v) is 14.1. The van der Waals surface area contributed by atoms with Crippen LogP contribution in [-0.2, 0) is 12.5 Å². The van der Waals surface area contributed by atoms with Gasteiger partial charge < -0.3 is 4.74 Å². The van der Waals surface area contributed by atoms with Gasteiger partial charge in [-0.1, -0.05) is 80.4 Å². The van der Waals surface area contributed by atoms with Crippen molar-refractivity contribution < 1.29 is 35.5 Å². The largest absolute Gasteiger partial charge is 0.432 e. The molecule has 0 saturated carbocycles. The molecule has 0 spiro atoms. The Balaban J connectivity index is 1.31. The molecule has 0 bridgehead atoms. The first kappa shape index (κ1) is 30.9. The van der Waals surface area contributed by atoms with Gasteiger partial charge in [-0.2, -0.15) is 8.78 Å². The third kappa shape index (κ3) is 6.80. The summed E-state index contributed by atoms with van der Waals surface area (Å²) >= 11 is 0. The molecule has 0 fully saturated rings. The first-order valence-electron chi connectivity index (χ1n) is 14.1. The fraction of sp³-hybridized carbons (Fsp3) is 0.167. The van der Waals surface area contributed by atoms with Crippen LogP contribution in [0.15, 0.2) is 97.1 Å². The Labute approximate surface area is 250 Å². The molecule has 0 aliphatic heterocycles. The molecular weight excluding hydrogens is 581 g/mol. The average Bonchev–Trinajstić information content (AvgIpc) is 3.00. The summed E-state index contributed by atoms with van der Waals surface area (Å²) in [5.41, 5.74) is 2.19. The maximum atomic E-state index is 15.0. The van der Waals surface area contributed by atoms with Gasteiger partial charge in [0.15, 0.2) is 17.5 Å². The number of benzene rings is 5. The lowest BCUT2D eigenvalue weighted by Gasteiger charge is -2.20. The van der Waals surface area contributed by atoms with Gasteiger partial charge in [0.2, 0.25) is 0 Å². The van der Waals surface area contributed by atoms with Gasteiger partial charge in [0, 0.05) is 0 Å². The molecule has 0 unspecified atom stereocenters. The lowest BCUT2D eigenvalue weighted by molar-refractivity contribution is -0.189. The Morgan fingerprint density at radius 2 is 0.932 bits per heavy atom.